The van der Waals surface area contributed by atoms with Crippen LogP contribution in [0.3, 0.4) is 0 Å². The number of carbonyl (C=O) groups is 1. The maximum absolute atomic E-state index is 11.2. The summed E-state index contributed by atoms with van der Waals surface area (Å²) < 4.78 is 10.7. The van der Waals surface area contributed by atoms with Crippen LogP contribution in [0.2, 0.25) is 0 Å². The van der Waals surface area contributed by atoms with E-state index < -0.39 is 12.0 Å². The predicted molar refractivity (Wildman–Crippen MR) is 73.4 cm³/mol. The SMILES string of the molecule is CNC(C(=O)O)C1CCN(c2ccc3c(c2)OCO3)C1. The van der Waals surface area contributed by atoms with Crippen LogP contribution < -0.4 is 19.7 Å². The van der Waals surface area contributed by atoms with Gasteiger partial charge in [0.2, 0.25) is 6.79 Å². The zero-order chi connectivity index (χ0) is 14.1. The molecule has 0 spiro atoms. The van der Waals surface area contributed by atoms with E-state index in [1.807, 2.05) is 18.2 Å². The Hall–Kier alpha value is -1.95. The molecule has 0 radical (unpaired) electrons. The highest BCUT2D eigenvalue weighted by atomic mass is 16.7. The van der Waals surface area contributed by atoms with Crippen molar-refractivity contribution in [2.75, 3.05) is 31.8 Å². The summed E-state index contributed by atoms with van der Waals surface area (Å²) in [5.74, 6) is 0.852. The van der Waals surface area contributed by atoms with E-state index in [2.05, 4.69) is 10.2 Å². The second-order valence-corrected chi connectivity index (χ2v) is 5.14. The molecule has 2 aliphatic rings. The number of nitrogens with one attached hydrogen (secondary N) is 1. The van der Waals surface area contributed by atoms with E-state index in [4.69, 9.17) is 9.47 Å². The van der Waals surface area contributed by atoms with Crippen LogP contribution in [0.1, 0.15) is 6.42 Å². The van der Waals surface area contributed by atoms with Crippen molar-refractivity contribution in [2.24, 2.45) is 5.92 Å². The summed E-state index contributed by atoms with van der Waals surface area (Å²) in [5, 5.41) is 12.1. The van der Waals surface area contributed by atoms with E-state index in [1.165, 1.54) is 0 Å². The Morgan fingerprint density at radius 1 is 1.45 bits per heavy atom. The number of carboxylic acid groups (broad SMARTS) is 1. The molecule has 2 atom stereocenters. The molecule has 0 saturated carbocycles. The summed E-state index contributed by atoms with van der Waals surface area (Å²) in [7, 11) is 1.70. The average Bonchev–Trinajstić information content (AvgIpc) is 3.06. The molecule has 0 bridgehead atoms. The minimum Gasteiger partial charge on any atom is -0.480 e. The number of hydrogen-bond acceptors (Lipinski definition) is 5. The van der Waals surface area contributed by atoms with Crippen molar-refractivity contribution in [2.45, 2.75) is 12.5 Å². The van der Waals surface area contributed by atoms with Gasteiger partial charge in [-0.2, -0.15) is 0 Å². The minimum absolute atomic E-state index is 0.114. The first-order valence-corrected chi connectivity index (χ1v) is 6.73. The van der Waals surface area contributed by atoms with Crippen molar-refractivity contribution in [3.05, 3.63) is 18.2 Å². The molecular weight excluding hydrogens is 260 g/mol. The van der Waals surface area contributed by atoms with Crippen LogP contribution in [0.15, 0.2) is 18.2 Å². The van der Waals surface area contributed by atoms with Crippen LogP contribution in [0.25, 0.3) is 0 Å². The number of ether oxygens (including phenoxy) is 2. The number of anilines is 1. The third-order valence-electron chi connectivity index (χ3n) is 3.99. The largest absolute Gasteiger partial charge is 0.480 e. The topological polar surface area (TPSA) is 71.0 Å². The first kappa shape index (κ1) is 13.1. The van der Waals surface area contributed by atoms with Gasteiger partial charge in [0.25, 0.3) is 0 Å². The molecule has 1 fully saturated rings. The lowest BCUT2D eigenvalue weighted by atomic mass is 9.99. The summed E-state index contributed by atoms with van der Waals surface area (Å²) in [6, 6.07) is 5.36. The van der Waals surface area contributed by atoms with Crippen molar-refractivity contribution in [1.82, 2.24) is 5.32 Å². The fourth-order valence-electron chi connectivity index (χ4n) is 2.94. The first-order valence-electron chi connectivity index (χ1n) is 6.73. The molecule has 2 N–H and O–H groups in total. The van der Waals surface area contributed by atoms with E-state index in [0.717, 1.165) is 36.7 Å². The first-order chi connectivity index (χ1) is 9.69. The van der Waals surface area contributed by atoms with Gasteiger partial charge in [-0.3, -0.25) is 4.79 Å². The van der Waals surface area contributed by atoms with E-state index in [0.29, 0.717) is 0 Å². The van der Waals surface area contributed by atoms with Gasteiger partial charge in [0.05, 0.1) is 0 Å². The molecule has 0 amide bonds. The Labute approximate surface area is 117 Å². The highest BCUT2D eigenvalue weighted by molar-refractivity contribution is 5.74. The normalized spacial score (nSPS) is 22.1. The smallest absolute Gasteiger partial charge is 0.321 e. The standard InChI is InChI=1S/C14H18N2O4/c1-15-13(14(17)18)9-4-5-16(7-9)10-2-3-11-12(6-10)20-8-19-11/h2-3,6,9,13,15H,4-5,7-8H2,1H3,(H,17,18). The van der Waals surface area contributed by atoms with Gasteiger partial charge < -0.3 is 24.8 Å². The Bertz CT molecular complexity index is 520. The number of benzene rings is 1. The summed E-state index contributed by atoms with van der Waals surface area (Å²) >= 11 is 0. The van der Waals surface area contributed by atoms with Crippen LogP contribution in [-0.2, 0) is 4.79 Å². The van der Waals surface area contributed by atoms with Crippen LogP contribution >= 0.6 is 0 Å². The van der Waals surface area contributed by atoms with Crippen LogP contribution in [0, 0.1) is 5.92 Å². The van der Waals surface area contributed by atoms with E-state index >= 15 is 0 Å². The van der Waals surface area contributed by atoms with Gasteiger partial charge in [-0.15, -0.1) is 0 Å². The molecule has 1 aromatic rings. The third kappa shape index (κ3) is 2.27. The molecule has 0 aromatic heterocycles. The number of aliphatic carboxylic acids is 1. The van der Waals surface area contributed by atoms with Crippen molar-refractivity contribution in [1.29, 1.82) is 0 Å². The van der Waals surface area contributed by atoms with E-state index in [9.17, 15) is 9.90 Å². The van der Waals surface area contributed by atoms with Crippen molar-refractivity contribution >= 4 is 11.7 Å². The highest BCUT2D eigenvalue weighted by Gasteiger charge is 2.33. The zero-order valence-corrected chi connectivity index (χ0v) is 11.3. The number of nitrogens with zero attached hydrogens (tertiary/aromatic N) is 1. The molecule has 1 saturated heterocycles. The Morgan fingerprint density at radius 2 is 2.25 bits per heavy atom. The molecule has 2 aliphatic heterocycles. The number of carboxylic acids is 1. The molecule has 2 unspecified atom stereocenters. The number of rotatable bonds is 4. The van der Waals surface area contributed by atoms with Gasteiger partial charge in [0.15, 0.2) is 11.5 Å². The van der Waals surface area contributed by atoms with Crippen LogP contribution in [0.4, 0.5) is 5.69 Å². The molecule has 20 heavy (non-hydrogen) atoms. The molecule has 3 rings (SSSR count). The third-order valence-corrected chi connectivity index (χ3v) is 3.99. The molecule has 2 heterocycles. The summed E-state index contributed by atoms with van der Waals surface area (Å²) in [5.41, 5.74) is 1.05. The van der Waals surface area contributed by atoms with Crippen LogP contribution in [0.5, 0.6) is 11.5 Å². The lowest BCUT2D eigenvalue weighted by molar-refractivity contribution is -0.140. The summed E-state index contributed by atoms with van der Waals surface area (Å²) in [6.07, 6.45) is 0.867. The lowest BCUT2D eigenvalue weighted by Gasteiger charge is -2.21. The summed E-state index contributed by atoms with van der Waals surface area (Å²) in [6.45, 7) is 1.86. The Kier molecular flexibility index (Phi) is 3.40. The highest BCUT2D eigenvalue weighted by Crippen LogP contribution is 2.37. The predicted octanol–water partition coefficient (Wildman–Crippen LogP) is 0.914. The van der Waals surface area contributed by atoms with Gasteiger partial charge in [0, 0.05) is 30.8 Å². The van der Waals surface area contributed by atoms with Crippen molar-refractivity contribution in [3.8, 4) is 11.5 Å². The molecule has 1 aromatic carbocycles. The van der Waals surface area contributed by atoms with Gasteiger partial charge in [-0.25, -0.2) is 0 Å². The fourth-order valence-corrected chi connectivity index (χ4v) is 2.94. The Balaban J connectivity index is 1.72. The van der Waals surface area contributed by atoms with E-state index in [1.54, 1.807) is 7.05 Å². The second-order valence-electron chi connectivity index (χ2n) is 5.14. The Morgan fingerprint density at radius 3 is 3.00 bits per heavy atom. The minimum atomic E-state index is -0.787. The molecule has 6 nitrogen and oxygen atoms in total. The van der Waals surface area contributed by atoms with Gasteiger partial charge in [-0.05, 0) is 25.6 Å². The van der Waals surface area contributed by atoms with Gasteiger partial charge in [-0.1, -0.05) is 0 Å². The van der Waals surface area contributed by atoms with Gasteiger partial charge in [0.1, 0.15) is 6.04 Å². The molecular formula is C14H18N2O4. The van der Waals surface area contributed by atoms with E-state index in [-0.39, 0.29) is 12.7 Å². The number of hydrogen-bond donors (Lipinski definition) is 2. The average molecular weight is 278 g/mol. The van der Waals surface area contributed by atoms with Crippen LogP contribution in [-0.4, -0.2) is 44.0 Å². The number of likely N-dealkylation sites (N-methyl/N-ethyl adjacent to an activating group) is 1. The monoisotopic (exact) mass is 278 g/mol. The quantitative estimate of drug-likeness (QED) is 0.853. The second kappa shape index (κ2) is 5.20. The molecule has 0 aliphatic carbocycles. The van der Waals surface area contributed by atoms with Crippen molar-refractivity contribution < 1.29 is 19.4 Å². The lowest BCUT2D eigenvalue weighted by Crippen LogP contribution is -2.41. The summed E-state index contributed by atoms with van der Waals surface area (Å²) in [4.78, 5) is 13.4. The molecule has 108 valence electrons. The maximum Gasteiger partial charge on any atom is 0.321 e. The molecule has 6 heteroatoms. The number of fused-ring (bicyclic) bond motifs is 1. The maximum atomic E-state index is 11.2. The zero-order valence-electron chi connectivity index (χ0n) is 11.3. The van der Waals surface area contributed by atoms with Crippen molar-refractivity contribution in [3.63, 3.8) is 0 Å². The fraction of sp³-hybridized carbons (Fsp3) is 0.500. The van der Waals surface area contributed by atoms with Gasteiger partial charge >= 0.3 is 5.97 Å².